The molecule has 0 amide bonds. The molecule has 108 valence electrons. The third kappa shape index (κ3) is 3.81. The number of hydrogen-bond acceptors (Lipinski definition) is 4. The molecular weight excluding hydrogens is 264 g/mol. The van der Waals surface area contributed by atoms with E-state index >= 15 is 0 Å². The molecule has 1 atom stereocenters. The Bertz CT molecular complexity index is 516. The van der Waals surface area contributed by atoms with Gasteiger partial charge in [0.2, 0.25) is 10.0 Å². The highest BCUT2D eigenvalue weighted by Crippen LogP contribution is 2.19. The molecule has 1 aromatic rings. The number of sulfonamides is 1. The van der Waals surface area contributed by atoms with Gasteiger partial charge in [-0.25, -0.2) is 13.1 Å². The average molecular weight is 286 g/mol. The lowest BCUT2D eigenvalue weighted by atomic mass is 9.96. The van der Waals surface area contributed by atoms with Gasteiger partial charge in [0.15, 0.2) is 0 Å². The summed E-state index contributed by atoms with van der Waals surface area (Å²) < 4.78 is 32.2. The number of rotatable bonds is 5. The van der Waals surface area contributed by atoms with Crippen LogP contribution in [0.5, 0.6) is 0 Å². The summed E-state index contributed by atoms with van der Waals surface area (Å²) >= 11 is 0. The molecule has 2 rings (SSSR count). The Morgan fingerprint density at radius 1 is 1.47 bits per heavy atom. The van der Waals surface area contributed by atoms with E-state index in [2.05, 4.69) is 10.0 Å². The summed E-state index contributed by atoms with van der Waals surface area (Å²) in [5.41, 5.74) is 0. The van der Waals surface area contributed by atoms with Gasteiger partial charge in [0, 0.05) is 6.54 Å². The van der Waals surface area contributed by atoms with Crippen LogP contribution in [-0.4, -0.2) is 28.1 Å². The van der Waals surface area contributed by atoms with Crippen LogP contribution in [-0.2, 0) is 10.0 Å². The first-order chi connectivity index (χ1) is 8.99. The Morgan fingerprint density at radius 3 is 2.84 bits per heavy atom. The first-order valence-electron chi connectivity index (χ1n) is 6.76. The molecular formula is C13H22N2O3S. The maximum Gasteiger partial charge on any atom is 0.244 e. The standard InChI is InChI=1S/C13H22N2O3S/c1-10-8-13(11(2)18-10)19(16,17)15-7-5-12-4-3-6-14-9-12/h8,12,14-15H,3-7,9H2,1-2H3/t12-/m1/s1. The smallest absolute Gasteiger partial charge is 0.244 e. The Hall–Kier alpha value is -0.850. The Morgan fingerprint density at radius 2 is 2.26 bits per heavy atom. The van der Waals surface area contributed by atoms with Crippen molar-refractivity contribution in [2.75, 3.05) is 19.6 Å². The molecule has 0 spiro atoms. The van der Waals surface area contributed by atoms with Crippen molar-refractivity contribution >= 4 is 10.0 Å². The maximum atomic E-state index is 12.1. The SMILES string of the molecule is Cc1cc(S(=O)(=O)NCC[C@H]2CCCNC2)c(C)o1. The van der Waals surface area contributed by atoms with Gasteiger partial charge < -0.3 is 9.73 Å². The Kier molecular flexibility index (Phi) is 4.65. The van der Waals surface area contributed by atoms with Crippen LogP contribution in [0.1, 0.15) is 30.8 Å². The van der Waals surface area contributed by atoms with Gasteiger partial charge in [0.05, 0.1) is 0 Å². The third-order valence-corrected chi connectivity index (χ3v) is 5.10. The molecule has 2 heterocycles. The number of piperidine rings is 1. The second-order valence-corrected chi connectivity index (χ2v) is 6.91. The fourth-order valence-corrected chi connectivity index (χ4v) is 3.80. The molecule has 5 nitrogen and oxygen atoms in total. The highest BCUT2D eigenvalue weighted by Gasteiger charge is 2.21. The van der Waals surface area contributed by atoms with Crippen molar-refractivity contribution in [1.82, 2.24) is 10.0 Å². The number of aryl methyl sites for hydroxylation is 2. The lowest BCUT2D eigenvalue weighted by Gasteiger charge is -2.22. The molecule has 6 heteroatoms. The van der Waals surface area contributed by atoms with Crippen molar-refractivity contribution in [2.24, 2.45) is 5.92 Å². The topological polar surface area (TPSA) is 71.3 Å². The first-order valence-corrected chi connectivity index (χ1v) is 8.25. The lowest BCUT2D eigenvalue weighted by Crippen LogP contribution is -2.33. The molecule has 0 bridgehead atoms. The van der Waals surface area contributed by atoms with E-state index in [1.807, 2.05) is 0 Å². The fourth-order valence-electron chi connectivity index (χ4n) is 2.52. The van der Waals surface area contributed by atoms with Crippen molar-refractivity contribution in [1.29, 1.82) is 0 Å². The minimum atomic E-state index is -3.44. The van der Waals surface area contributed by atoms with Crippen molar-refractivity contribution < 1.29 is 12.8 Å². The van der Waals surface area contributed by atoms with Gasteiger partial charge in [-0.3, -0.25) is 0 Å². The minimum Gasteiger partial charge on any atom is -0.465 e. The molecule has 2 N–H and O–H groups in total. The molecule has 1 aliphatic rings. The van der Waals surface area contributed by atoms with Gasteiger partial charge in [-0.05, 0) is 58.2 Å². The Labute approximate surface area is 114 Å². The van der Waals surface area contributed by atoms with Gasteiger partial charge >= 0.3 is 0 Å². The van der Waals surface area contributed by atoms with Gasteiger partial charge in [-0.1, -0.05) is 0 Å². The van der Waals surface area contributed by atoms with Gasteiger partial charge in [0.25, 0.3) is 0 Å². The fraction of sp³-hybridized carbons (Fsp3) is 0.692. The maximum absolute atomic E-state index is 12.1. The molecule has 0 aromatic carbocycles. The zero-order valence-electron chi connectivity index (χ0n) is 11.5. The van der Waals surface area contributed by atoms with E-state index in [4.69, 9.17) is 4.42 Å². The summed E-state index contributed by atoms with van der Waals surface area (Å²) in [7, 11) is -3.44. The van der Waals surface area contributed by atoms with E-state index in [0.29, 0.717) is 24.0 Å². The van der Waals surface area contributed by atoms with Crippen LogP contribution in [0.25, 0.3) is 0 Å². The zero-order valence-corrected chi connectivity index (χ0v) is 12.3. The Balaban J connectivity index is 1.89. The van der Waals surface area contributed by atoms with E-state index in [1.165, 1.54) is 12.8 Å². The predicted molar refractivity (Wildman–Crippen MR) is 73.6 cm³/mol. The summed E-state index contributed by atoms with van der Waals surface area (Å²) in [4.78, 5) is 0.256. The molecule has 1 fully saturated rings. The molecule has 0 unspecified atom stereocenters. The average Bonchev–Trinajstić information content (AvgIpc) is 2.70. The molecule has 0 saturated carbocycles. The summed E-state index contributed by atoms with van der Waals surface area (Å²) in [5, 5.41) is 3.33. The summed E-state index contributed by atoms with van der Waals surface area (Å²) in [6.07, 6.45) is 3.23. The van der Waals surface area contributed by atoms with Crippen LogP contribution in [0.2, 0.25) is 0 Å². The highest BCUT2D eigenvalue weighted by molar-refractivity contribution is 7.89. The van der Waals surface area contributed by atoms with E-state index in [9.17, 15) is 8.42 Å². The summed E-state index contributed by atoms with van der Waals surface area (Å²) in [5.74, 6) is 1.64. The molecule has 0 aliphatic carbocycles. The van der Waals surface area contributed by atoms with Crippen LogP contribution in [0.15, 0.2) is 15.4 Å². The zero-order chi connectivity index (χ0) is 13.9. The van der Waals surface area contributed by atoms with Crippen LogP contribution < -0.4 is 10.0 Å². The minimum absolute atomic E-state index is 0.256. The molecule has 19 heavy (non-hydrogen) atoms. The monoisotopic (exact) mass is 286 g/mol. The van der Waals surface area contributed by atoms with Crippen LogP contribution in [0.4, 0.5) is 0 Å². The highest BCUT2D eigenvalue weighted by atomic mass is 32.2. The number of hydrogen-bond donors (Lipinski definition) is 2. The summed E-state index contributed by atoms with van der Waals surface area (Å²) in [6.45, 7) is 5.98. The second-order valence-electron chi connectivity index (χ2n) is 5.18. The summed E-state index contributed by atoms with van der Waals surface area (Å²) in [6, 6.07) is 1.57. The van der Waals surface area contributed by atoms with Crippen LogP contribution in [0.3, 0.4) is 0 Å². The quantitative estimate of drug-likeness (QED) is 0.862. The van der Waals surface area contributed by atoms with Crippen LogP contribution >= 0.6 is 0 Å². The number of nitrogens with one attached hydrogen (secondary N) is 2. The molecule has 1 aliphatic heterocycles. The normalized spacial score (nSPS) is 20.6. The van der Waals surface area contributed by atoms with E-state index in [1.54, 1.807) is 19.9 Å². The first kappa shape index (κ1) is 14.6. The van der Waals surface area contributed by atoms with Crippen molar-refractivity contribution in [2.45, 2.75) is 38.0 Å². The molecule has 1 saturated heterocycles. The van der Waals surface area contributed by atoms with Gasteiger partial charge in [-0.2, -0.15) is 0 Å². The molecule has 1 aromatic heterocycles. The van der Waals surface area contributed by atoms with E-state index in [-0.39, 0.29) is 4.90 Å². The van der Waals surface area contributed by atoms with Crippen molar-refractivity contribution in [3.63, 3.8) is 0 Å². The van der Waals surface area contributed by atoms with Gasteiger partial charge in [-0.15, -0.1) is 0 Å². The second kappa shape index (κ2) is 6.07. The lowest BCUT2D eigenvalue weighted by molar-refractivity contribution is 0.358. The molecule has 0 radical (unpaired) electrons. The predicted octanol–water partition coefficient (Wildman–Crippen LogP) is 1.56. The van der Waals surface area contributed by atoms with Gasteiger partial charge in [0.1, 0.15) is 16.4 Å². The van der Waals surface area contributed by atoms with Crippen molar-refractivity contribution in [3.8, 4) is 0 Å². The largest absolute Gasteiger partial charge is 0.465 e. The van der Waals surface area contributed by atoms with E-state index < -0.39 is 10.0 Å². The number of furan rings is 1. The van der Waals surface area contributed by atoms with Crippen LogP contribution in [0, 0.1) is 19.8 Å². The third-order valence-electron chi connectivity index (χ3n) is 3.53. The van der Waals surface area contributed by atoms with Crippen molar-refractivity contribution in [3.05, 3.63) is 17.6 Å². The van der Waals surface area contributed by atoms with E-state index in [0.717, 1.165) is 19.5 Å².